The fourth-order valence-electron chi connectivity index (χ4n) is 1.04. The maximum Gasteiger partial charge on any atom is 0.161 e. The van der Waals surface area contributed by atoms with Crippen LogP contribution in [0.3, 0.4) is 0 Å². The Kier molecular flexibility index (Phi) is 3.72. The summed E-state index contributed by atoms with van der Waals surface area (Å²) in [7, 11) is 0. The van der Waals surface area contributed by atoms with Gasteiger partial charge in [-0.1, -0.05) is 23.2 Å². The monoisotopic (exact) mass is 248 g/mol. The fourth-order valence-corrected chi connectivity index (χ4v) is 1.50. The predicted octanol–water partition coefficient (Wildman–Crippen LogP) is 3.50. The van der Waals surface area contributed by atoms with Crippen LogP contribution in [0, 0.1) is 0 Å². The van der Waals surface area contributed by atoms with E-state index < -0.39 is 5.83 Å². The van der Waals surface area contributed by atoms with Crippen molar-refractivity contribution in [3.8, 4) is 0 Å². The summed E-state index contributed by atoms with van der Waals surface area (Å²) < 4.78 is 13.3. The Balaban J connectivity index is 3.39. The number of aliphatic hydroxyl groups is 1. The van der Waals surface area contributed by atoms with Crippen LogP contribution in [0.1, 0.15) is 6.92 Å². The molecule has 1 aliphatic carbocycles. The van der Waals surface area contributed by atoms with Crippen LogP contribution in [0.25, 0.3) is 0 Å². The summed E-state index contributed by atoms with van der Waals surface area (Å²) in [6.45, 7) is 1.26. The summed E-state index contributed by atoms with van der Waals surface area (Å²) in [5.41, 5.74) is 0.0378. The maximum atomic E-state index is 13.3. The molecule has 2 nitrogen and oxygen atoms in total. The molecule has 0 fully saturated rings. The molecule has 1 N–H and O–H groups in total. The average molecular weight is 249 g/mol. The van der Waals surface area contributed by atoms with Gasteiger partial charge in [-0.15, -0.1) is 0 Å². The second-order valence-corrected chi connectivity index (χ2v) is 3.64. The van der Waals surface area contributed by atoms with E-state index in [1.807, 2.05) is 0 Å². The molecule has 0 amide bonds. The van der Waals surface area contributed by atoms with E-state index in [0.29, 0.717) is 6.26 Å². The number of ketones is 1. The van der Waals surface area contributed by atoms with Crippen molar-refractivity contribution in [2.24, 2.45) is 0 Å². The number of rotatable bonds is 1. The molecule has 0 bridgehead atoms. The number of carbonyl (C=O) groups is 1. The number of allylic oxidation sites excluding steroid dienone is 7. The van der Waals surface area contributed by atoms with Crippen molar-refractivity contribution in [2.45, 2.75) is 6.92 Å². The predicted molar refractivity (Wildman–Crippen MR) is 57.4 cm³/mol. The zero-order valence-electron chi connectivity index (χ0n) is 7.72. The molecule has 5 heteroatoms. The fraction of sp³-hybridized carbons (Fsp3) is 0.100. The second-order valence-electron chi connectivity index (χ2n) is 2.85. The van der Waals surface area contributed by atoms with Crippen LogP contribution >= 0.6 is 23.2 Å². The van der Waals surface area contributed by atoms with E-state index in [-0.39, 0.29) is 27.0 Å². The molecule has 0 unspecified atom stereocenters. The lowest BCUT2D eigenvalue weighted by atomic mass is 10.1. The van der Waals surface area contributed by atoms with Gasteiger partial charge in [-0.3, -0.25) is 4.79 Å². The van der Waals surface area contributed by atoms with Crippen molar-refractivity contribution in [3.63, 3.8) is 0 Å². The zero-order valence-corrected chi connectivity index (χ0v) is 9.23. The van der Waals surface area contributed by atoms with Crippen molar-refractivity contribution < 1.29 is 14.3 Å². The highest BCUT2D eigenvalue weighted by molar-refractivity contribution is 6.37. The molecular formula is C10H7Cl2FO2. The number of aliphatic hydroxyl groups excluding tert-OH is 1. The molecule has 0 radical (unpaired) electrons. The first kappa shape index (κ1) is 12.0. The van der Waals surface area contributed by atoms with Crippen LogP contribution in [0.5, 0.6) is 0 Å². The molecule has 0 aromatic heterocycles. The van der Waals surface area contributed by atoms with Gasteiger partial charge in [0.2, 0.25) is 0 Å². The molecule has 1 aliphatic rings. The van der Waals surface area contributed by atoms with E-state index >= 15 is 0 Å². The molecule has 0 aliphatic heterocycles. The van der Waals surface area contributed by atoms with Crippen LogP contribution in [-0.4, -0.2) is 10.9 Å². The highest BCUT2D eigenvalue weighted by atomic mass is 35.5. The maximum absolute atomic E-state index is 13.3. The smallest absolute Gasteiger partial charge is 0.161 e. The Morgan fingerprint density at radius 2 is 2.07 bits per heavy atom. The van der Waals surface area contributed by atoms with Crippen molar-refractivity contribution in [1.82, 2.24) is 0 Å². The highest BCUT2D eigenvalue weighted by Crippen LogP contribution is 2.31. The van der Waals surface area contributed by atoms with Gasteiger partial charge in [0.15, 0.2) is 5.78 Å². The summed E-state index contributed by atoms with van der Waals surface area (Å²) in [6, 6.07) is 0. The number of carbonyl (C=O) groups excluding carboxylic acids is 1. The first-order valence-electron chi connectivity index (χ1n) is 3.97. The van der Waals surface area contributed by atoms with Gasteiger partial charge in [0.25, 0.3) is 0 Å². The van der Waals surface area contributed by atoms with Crippen molar-refractivity contribution in [1.29, 1.82) is 0 Å². The van der Waals surface area contributed by atoms with Gasteiger partial charge in [-0.2, -0.15) is 0 Å². The van der Waals surface area contributed by atoms with Crippen LogP contribution < -0.4 is 0 Å². The number of Topliss-reactive ketones (excluding diaryl/α,β-unsaturated/α-hetero) is 1. The van der Waals surface area contributed by atoms with Gasteiger partial charge in [0.1, 0.15) is 5.83 Å². The van der Waals surface area contributed by atoms with E-state index in [1.54, 1.807) is 0 Å². The third-order valence-electron chi connectivity index (χ3n) is 1.79. The lowest BCUT2D eigenvalue weighted by Gasteiger charge is -1.98. The first-order valence-corrected chi connectivity index (χ1v) is 4.73. The molecule has 0 spiro atoms. The zero-order chi connectivity index (χ0) is 11.6. The van der Waals surface area contributed by atoms with Crippen molar-refractivity contribution in [2.75, 3.05) is 0 Å². The molecule has 80 valence electrons. The molecule has 15 heavy (non-hydrogen) atoms. The lowest BCUT2D eigenvalue weighted by Crippen LogP contribution is -1.96. The first-order chi connectivity index (χ1) is 6.97. The molecule has 1 rings (SSSR count). The highest BCUT2D eigenvalue weighted by Gasteiger charge is 2.17. The molecule has 0 saturated heterocycles. The molecule has 0 aromatic rings. The van der Waals surface area contributed by atoms with Gasteiger partial charge in [-0.25, -0.2) is 4.39 Å². The summed E-state index contributed by atoms with van der Waals surface area (Å²) in [4.78, 5) is 11.1. The van der Waals surface area contributed by atoms with E-state index in [1.165, 1.54) is 13.0 Å². The average Bonchev–Trinajstić information content (AvgIpc) is 2.29. The second kappa shape index (κ2) is 4.64. The molecule has 0 saturated carbocycles. The van der Waals surface area contributed by atoms with Crippen LogP contribution in [0.2, 0.25) is 0 Å². The number of hydrogen-bond acceptors (Lipinski definition) is 2. The third-order valence-corrected chi connectivity index (χ3v) is 2.50. The molecule has 0 heterocycles. The Hall–Kier alpha value is -1.06. The van der Waals surface area contributed by atoms with E-state index in [9.17, 15) is 9.18 Å². The summed E-state index contributed by atoms with van der Waals surface area (Å²) in [5.74, 6) is -1.19. The van der Waals surface area contributed by atoms with Gasteiger partial charge < -0.3 is 5.11 Å². The van der Waals surface area contributed by atoms with Gasteiger partial charge in [-0.05, 0) is 19.1 Å². The van der Waals surface area contributed by atoms with E-state index in [2.05, 4.69) is 0 Å². The Bertz CT molecular complexity index is 431. The van der Waals surface area contributed by atoms with Gasteiger partial charge >= 0.3 is 0 Å². The van der Waals surface area contributed by atoms with Crippen molar-refractivity contribution in [3.05, 3.63) is 45.5 Å². The third kappa shape index (κ3) is 2.49. The normalized spacial score (nSPS) is 19.9. The standard InChI is InChI=1S/C10H7Cl2FO2/c1-5(15)7-3-9(13)10(12)6(4-14)2-8(7)11/h2-4,14H,1H3/b6-4-. The van der Waals surface area contributed by atoms with Crippen LogP contribution in [0.4, 0.5) is 4.39 Å². The van der Waals surface area contributed by atoms with Crippen molar-refractivity contribution >= 4 is 29.0 Å². The summed E-state index contributed by atoms with van der Waals surface area (Å²) in [6.07, 6.45) is 2.80. The van der Waals surface area contributed by atoms with Gasteiger partial charge in [0.05, 0.1) is 16.3 Å². The summed E-state index contributed by atoms with van der Waals surface area (Å²) >= 11 is 11.3. The molecular weight excluding hydrogens is 242 g/mol. The summed E-state index contributed by atoms with van der Waals surface area (Å²) in [5, 5.41) is 8.54. The Morgan fingerprint density at radius 3 is 2.53 bits per heavy atom. The lowest BCUT2D eigenvalue weighted by molar-refractivity contribution is -0.113. The SMILES string of the molecule is CC(=O)C1=CC(F)=C(Cl)/C(=C\O)C=C1Cl. The minimum Gasteiger partial charge on any atom is -0.515 e. The van der Waals surface area contributed by atoms with E-state index in [0.717, 1.165) is 6.08 Å². The molecule has 0 aromatic carbocycles. The number of hydrogen-bond donors (Lipinski definition) is 1. The number of halogens is 3. The Labute approximate surface area is 96.0 Å². The largest absolute Gasteiger partial charge is 0.515 e. The molecule has 0 atom stereocenters. The quantitative estimate of drug-likeness (QED) is 0.722. The minimum absolute atomic E-state index is 0.0177. The van der Waals surface area contributed by atoms with Crippen LogP contribution in [0.15, 0.2) is 45.5 Å². The van der Waals surface area contributed by atoms with E-state index in [4.69, 9.17) is 28.3 Å². The minimum atomic E-state index is -0.811. The topological polar surface area (TPSA) is 37.3 Å². The Morgan fingerprint density at radius 1 is 1.47 bits per heavy atom. The van der Waals surface area contributed by atoms with Gasteiger partial charge in [0, 0.05) is 11.1 Å². The van der Waals surface area contributed by atoms with Crippen LogP contribution in [-0.2, 0) is 4.79 Å².